The molecule has 52 valence electrons. The molecule has 0 bridgehead atoms. The van der Waals surface area contributed by atoms with E-state index < -0.39 is 0 Å². The van der Waals surface area contributed by atoms with Crippen molar-refractivity contribution in [1.82, 2.24) is 0 Å². The van der Waals surface area contributed by atoms with Gasteiger partial charge in [0.2, 0.25) is 0 Å². The van der Waals surface area contributed by atoms with Crippen LogP contribution in [-0.2, 0) is 0 Å². The van der Waals surface area contributed by atoms with Crippen LogP contribution in [0.2, 0.25) is 0 Å². The highest BCUT2D eigenvalue weighted by atomic mass is 14.7. The second-order valence-corrected chi connectivity index (χ2v) is 2.01. The summed E-state index contributed by atoms with van der Waals surface area (Å²) >= 11 is 0. The Balaban J connectivity index is 2.83. The molecule has 0 saturated carbocycles. The Morgan fingerprint density at radius 1 is 1.56 bits per heavy atom. The average molecular weight is 126 g/mol. The van der Waals surface area contributed by atoms with E-state index in [0.717, 1.165) is 25.7 Å². The maximum atomic E-state index is 6.84. The van der Waals surface area contributed by atoms with Crippen LogP contribution in [0.15, 0.2) is 0 Å². The molecule has 9 heavy (non-hydrogen) atoms. The van der Waals surface area contributed by atoms with Gasteiger partial charge in [0.1, 0.15) is 0 Å². The Morgan fingerprint density at radius 2 is 2.22 bits per heavy atom. The van der Waals surface area contributed by atoms with E-state index >= 15 is 0 Å². The van der Waals surface area contributed by atoms with Crippen molar-refractivity contribution in [2.75, 3.05) is 0 Å². The monoisotopic (exact) mass is 126 g/mol. The minimum atomic E-state index is 0.180. The second-order valence-electron chi connectivity index (χ2n) is 2.01. The number of amidine groups is 1. The molecule has 0 aromatic rings. The predicted molar refractivity (Wildman–Crippen MR) is 40.0 cm³/mol. The molecule has 2 heteroatoms. The first kappa shape index (κ1) is 8.47. The molecule has 0 aliphatic heterocycles. The van der Waals surface area contributed by atoms with E-state index in [9.17, 15) is 0 Å². The average Bonchev–Trinajstić information content (AvgIpc) is 1.80. The number of unbranched alkanes of at least 4 members (excludes halogenated alkanes) is 3. The molecule has 0 atom stereocenters. The third-order valence-electron chi connectivity index (χ3n) is 1.07. The molecule has 3 N–H and O–H groups in total. The number of nitrogens with two attached hydrogens (primary N) is 1. The molecule has 0 aromatic carbocycles. The molecular formula is C7H14N2. The van der Waals surface area contributed by atoms with Gasteiger partial charge in [-0.1, -0.05) is 26.2 Å². The summed E-state index contributed by atoms with van der Waals surface area (Å²) in [6.07, 6.45) is 5.86. The predicted octanol–water partition coefficient (Wildman–Crippen LogP) is 1.52. The third-order valence-corrected chi connectivity index (χ3v) is 1.07. The lowest BCUT2D eigenvalue weighted by atomic mass is 10.1. The molecule has 2 radical (unpaired) electrons. The third kappa shape index (κ3) is 7.47. The zero-order chi connectivity index (χ0) is 7.11. The Kier molecular flexibility index (Phi) is 5.27. The van der Waals surface area contributed by atoms with Crippen LogP contribution in [0.25, 0.3) is 0 Å². The van der Waals surface area contributed by atoms with Crippen LogP contribution in [0.5, 0.6) is 0 Å². The zero-order valence-electron chi connectivity index (χ0n) is 5.69. The summed E-state index contributed by atoms with van der Waals surface area (Å²) in [7, 11) is 0. The molecule has 0 rings (SSSR count). The second kappa shape index (κ2) is 5.60. The minimum absolute atomic E-state index is 0.180. The molecule has 0 unspecified atom stereocenters. The fourth-order valence-electron chi connectivity index (χ4n) is 0.579. The summed E-state index contributed by atoms with van der Waals surface area (Å²) in [6.45, 7) is 3.70. The normalized spacial score (nSPS) is 9.44. The molecule has 0 saturated heterocycles. The lowest BCUT2D eigenvalue weighted by Gasteiger charge is -1.95. The molecule has 0 spiro atoms. The molecular weight excluding hydrogens is 112 g/mol. The maximum absolute atomic E-state index is 6.84. The number of rotatable bonds is 5. The van der Waals surface area contributed by atoms with Crippen LogP contribution in [-0.4, -0.2) is 5.84 Å². The largest absolute Gasteiger partial charge is 0.387 e. The van der Waals surface area contributed by atoms with Gasteiger partial charge in [-0.25, -0.2) is 0 Å². The smallest absolute Gasteiger partial charge is 0.0944 e. The maximum Gasteiger partial charge on any atom is 0.0944 e. The van der Waals surface area contributed by atoms with Gasteiger partial charge in [-0.05, 0) is 6.42 Å². The number of nitrogens with one attached hydrogen (secondary N) is 1. The van der Waals surface area contributed by atoms with Gasteiger partial charge in [-0.15, -0.1) is 0 Å². The van der Waals surface area contributed by atoms with Crippen molar-refractivity contribution < 1.29 is 0 Å². The minimum Gasteiger partial charge on any atom is -0.387 e. The van der Waals surface area contributed by atoms with Gasteiger partial charge in [0.25, 0.3) is 0 Å². The van der Waals surface area contributed by atoms with E-state index in [4.69, 9.17) is 11.1 Å². The zero-order valence-corrected chi connectivity index (χ0v) is 5.69. The summed E-state index contributed by atoms with van der Waals surface area (Å²) in [4.78, 5) is 0. The number of hydrogen-bond acceptors (Lipinski definition) is 1. The SMILES string of the molecule is [CH2]CCCC[CH]C(=N)N. The lowest BCUT2D eigenvalue weighted by Crippen LogP contribution is -2.09. The van der Waals surface area contributed by atoms with E-state index in [0.29, 0.717) is 0 Å². The summed E-state index contributed by atoms with van der Waals surface area (Å²) in [5.41, 5.74) is 5.09. The van der Waals surface area contributed by atoms with Gasteiger partial charge in [-0.2, -0.15) is 0 Å². The van der Waals surface area contributed by atoms with Crippen molar-refractivity contribution >= 4 is 5.84 Å². The molecule has 0 amide bonds. The highest BCUT2D eigenvalue weighted by Crippen LogP contribution is 1.99. The van der Waals surface area contributed by atoms with Gasteiger partial charge in [-0.3, -0.25) is 5.41 Å². The Labute approximate surface area is 57.0 Å². The van der Waals surface area contributed by atoms with Gasteiger partial charge < -0.3 is 5.73 Å². The van der Waals surface area contributed by atoms with E-state index in [-0.39, 0.29) is 5.84 Å². The fraction of sp³-hybridized carbons (Fsp3) is 0.571. The van der Waals surface area contributed by atoms with Gasteiger partial charge in [0.15, 0.2) is 0 Å². The molecule has 0 aliphatic carbocycles. The highest BCUT2D eigenvalue weighted by molar-refractivity contribution is 5.85. The van der Waals surface area contributed by atoms with Crippen LogP contribution >= 0.6 is 0 Å². The molecule has 0 aliphatic rings. The van der Waals surface area contributed by atoms with Crippen LogP contribution < -0.4 is 5.73 Å². The van der Waals surface area contributed by atoms with E-state index in [1.807, 2.05) is 0 Å². The Hall–Kier alpha value is -0.530. The first-order valence-electron chi connectivity index (χ1n) is 3.24. The van der Waals surface area contributed by atoms with Crippen molar-refractivity contribution in [3.8, 4) is 0 Å². The highest BCUT2D eigenvalue weighted by Gasteiger charge is 1.89. The van der Waals surface area contributed by atoms with Crippen LogP contribution in [0.3, 0.4) is 0 Å². The fourth-order valence-corrected chi connectivity index (χ4v) is 0.579. The summed E-state index contributed by atoms with van der Waals surface area (Å²) in [6, 6.07) is 0. The summed E-state index contributed by atoms with van der Waals surface area (Å²) < 4.78 is 0. The molecule has 0 heterocycles. The van der Waals surface area contributed by atoms with Crippen molar-refractivity contribution in [1.29, 1.82) is 5.41 Å². The van der Waals surface area contributed by atoms with E-state index in [1.54, 1.807) is 6.42 Å². The summed E-state index contributed by atoms with van der Waals surface area (Å²) in [5.74, 6) is 0.180. The molecule has 0 aromatic heterocycles. The van der Waals surface area contributed by atoms with E-state index in [1.165, 1.54) is 0 Å². The van der Waals surface area contributed by atoms with Crippen molar-refractivity contribution in [3.63, 3.8) is 0 Å². The lowest BCUT2D eigenvalue weighted by molar-refractivity contribution is 0.748. The van der Waals surface area contributed by atoms with Crippen molar-refractivity contribution in [2.24, 2.45) is 5.73 Å². The summed E-state index contributed by atoms with van der Waals surface area (Å²) in [5, 5.41) is 6.84. The standard InChI is InChI=1S/C7H14N2/c1-2-3-4-5-6-7(8)9/h6H,1-5H2,(H3,8,9). The first-order chi connectivity index (χ1) is 4.27. The van der Waals surface area contributed by atoms with Crippen molar-refractivity contribution in [2.45, 2.75) is 25.7 Å². The quantitative estimate of drug-likeness (QED) is 0.327. The first-order valence-corrected chi connectivity index (χ1v) is 3.24. The van der Waals surface area contributed by atoms with Crippen molar-refractivity contribution in [3.05, 3.63) is 13.3 Å². The molecule has 2 nitrogen and oxygen atoms in total. The topological polar surface area (TPSA) is 49.9 Å². The van der Waals surface area contributed by atoms with Crippen LogP contribution in [0.1, 0.15) is 25.7 Å². The van der Waals surface area contributed by atoms with E-state index in [2.05, 4.69) is 6.92 Å². The van der Waals surface area contributed by atoms with Crippen LogP contribution in [0, 0.1) is 18.8 Å². The molecule has 0 fully saturated rings. The van der Waals surface area contributed by atoms with Gasteiger partial charge >= 0.3 is 0 Å². The Morgan fingerprint density at radius 3 is 2.67 bits per heavy atom. The Bertz CT molecular complexity index is 79.0. The number of hydrogen-bond donors (Lipinski definition) is 2. The van der Waals surface area contributed by atoms with Gasteiger partial charge in [0.05, 0.1) is 5.84 Å². The van der Waals surface area contributed by atoms with Crippen LogP contribution in [0.4, 0.5) is 0 Å². The van der Waals surface area contributed by atoms with Gasteiger partial charge in [0, 0.05) is 6.42 Å².